The van der Waals surface area contributed by atoms with Crippen LogP contribution in [-0.2, 0) is 0 Å². The minimum Gasteiger partial charge on any atom is -0.496 e. The molecule has 0 aliphatic rings. The molecule has 0 spiro atoms. The minimum absolute atomic E-state index is 0.478. The smallest absolute Gasteiger partial charge is 0.126 e. The first-order valence-corrected chi connectivity index (χ1v) is 10.2. The molecule has 0 aromatic heterocycles. The Morgan fingerprint density at radius 2 is 1.50 bits per heavy atom. The fourth-order valence-corrected chi connectivity index (χ4v) is 3.57. The van der Waals surface area contributed by atoms with E-state index in [1.54, 1.807) is 7.11 Å². The largest absolute Gasteiger partial charge is 0.496 e. The van der Waals surface area contributed by atoms with Crippen molar-refractivity contribution in [2.24, 2.45) is 0 Å². The van der Waals surface area contributed by atoms with Crippen LogP contribution in [0.2, 0.25) is 0 Å². The maximum absolute atomic E-state index is 11.0. The number of ether oxygens (including phenoxy) is 1. The van der Waals surface area contributed by atoms with Gasteiger partial charge in [0.2, 0.25) is 0 Å². The number of hydrogen-bond donors (Lipinski definition) is 1. The van der Waals surface area contributed by atoms with Crippen LogP contribution in [0.4, 0.5) is 0 Å². The van der Waals surface area contributed by atoms with E-state index in [4.69, 9.17) is 4.74 Å². The highest BCUT2D eigenvalue weighted by Gasteiger charge is 2.17. The highest BCUT2D eigenvalue weighted by molar-refractivity contribution is 5.91. The second-order valence-electron chi connectivity index (χ2n) is 7.13. The monoisotopic (exact) mass is 357 g/mol. The van der Waals surface area contributed by atoms with Gasteiger partial charge in [-0.25, -0.2) is 0 Å². The van der Waals surface area contributed by atoms with Gasteiger partial charge in [-0.05, 0) is 42.9 Å². The minimum atomic E-state index is -0.478. The zero-order valence-electron chi connectivity index (χ0n) is 16.7. The van der Waals surface area contributed by atoms with E-state index in [0.717, 1.165) is 35.2 Å². The van der Waals surface area contributed by atoms with Gasteiger partial charge >= 0.3 is 0 Å². The fourth-order valence-electron chi connectivity index (χ4n) is 3.57. The average Bonchev–Trinajstić information content (AvgIpc) is 2.67. The molecule has 3 nitrogen and oxygen atoms in total. The Morgan fingerprint density at radius 1 is 0.885 bits per heavy atom. The molecule has 0 saturated heterocycles. The third kappa shape index (κ3) is 5.72. The quantitative estimate of drug-likeness (QED) is 0.504. The maximum Gasteiger partial charge on any atom is 0.126 e. The fraction of sp³-hybridized carbons (Fsp3) is 0.565. The number of unbranched alkanes of at least 4 members (excludes halogenated alkanes) is 4. The second kappa shape index (κ2) is 11.2. The van der Waals surface area contributed by atoms with Crippen LogP contribution in [0, 0.1) is 0 Å². The Kier molecular flexibility index (Phi) is 8.93. The molecule has 0 bridgehead atoms. The normalized spacial score (nSPS) is 12.7. The molecule has 2 aromatic carbocycles. The van der Waals surface area contributed by atoms with Crippen LogP contribution in [-0.4, -0.2) is 36.8 Å². The van der Waals surface area contributed by atoms with Gasteiger partial charge < -0.3 is 14.7 Å². The highest BCUT2D eigenvalue weighted by Crippen LogP contribution is 2.31. The summed E-state index contributed by atoms with van der Waals surface area (Å²) in [5.74, 6) is 0.860. The van der Waals surface area contributed by atoms with E-state index >= 15 is 0 Å². The molecule has 0 fully saturated rings. The van der Waals surface area contributed by atoms with E-state index in [2.05, 4.69) is 30.9 Å². The van der Waals surface area contributed by atoms with E-state index in [0.29, 0.717) is 6.54 Å². The molecule has 0 radical (unpaired) electrons. The van der Waals surface area contributed by atoms with Gasteiger partial charge in [-0.15, -0.1) is 0 Å². The van der Waals surface area contributed by atoms with Crippen molar-refractivity contribution in [1.82, 2.24) is 4.90 Å². The molecular weight excluding hydrogens is 322 g/mol. The van der Waals surface area contributed by atoms with Gasteiger partial charge in [-0.2, -0.15) is 0 Å². The predicted molar refractivity (Wildman–Crippen MR) is 111 cm³/mol. The Bertz CT molecular complexity index is 646. The molecule has 1 N–H and O–H groups in total. The summed E-state index contributed by atoms with van der Waals surface area (Å²) in [7, 11) is 1.70. The van der Waals surface area contributed by atoms with Crippen molar-refractivity contribution in [2.45, 2.75) is 58.5 Å². The summed E-state index contributed by atoms with van der Waals surface area (Å²) in [4.78, 5) is 2.44. The van der Waals surface area contributed by atoms with Crippen LogP contribution in [0.1, 0.15) is 64.0 Å². The topological polar surface area (TPSA) is 32.7 Å². The Morgan fingerprint density at radius 3 is 2.08 bits per heavy atom. The molecular formula is C23H35NO2. The number of hydrogen-bond acceptors (Lipinski definition) is 3. The van der Waals surface area contributed by atoms with Crippen molar-refractivity contribution in [3.63, 3.8) is 0 Å². The Balaban J connectivity index is 2.14. The zero-order chi connectivity index (χ0) is 18.8. The van der Waals surface area contributed by atoms with Crippen LogP contribution in [0.3, 0.4) is 0 Å². The van der Waals surface area contributed by atoms with E-state index in [1.165, 1.54) is 38.5 Å². The predicted octanol–water partition coefficient (Wildman–Crippen LogP) is 5.56. The first kappa shape index (κ1) is 20.7. The summed E-state index contributed by atoms with van der Waals surface area (Å²) in [5, 5.41) is 13.1. The van der Waals surface area contributed by atoms with Crippen molar-refractivity contribution in [3.8, 4) is 5.75 Å². The summed E-state index contributed by atoms with van der Waals surface area (Å²) in [5.41, 5.74) is 0.998. The van der Waals surface area contributed by atoms with Gasteiger partial charge in [-0.3, -0.25) is 0 Å². The van der Waals surface area contributed by atoms with Crippen molar-refractivity contribution < 1.29 is 9.84 Å². The number of rotatable bonds is 12. The van der Waals surface area contributed by atoms with E-state index in [1.807, 2.05) is 24.3 Å². The molecule has 0 aliphatic carbocycles. The first-order valence-electron chi connectivity index (χ1n) is 10.2. The Labute approximate surface area is 159 Å². The molecule has 0 aliphatic heterocycles. The van der Waals surface area contributed by atoms with Gasteiger partial charge in [0, 0.05) is 11.9 Å². The lowest BCUT2D eigenvalue weighted by molar-refractivity contribution is 0.111. The number of aliphatic hydroxyl groups excluding tert-OH is 1. The van der Waals surface area contributed by atoms with Crippen molar-refractivity contribution in [3.05, 3.63) is 42.0 Å². The summed E-state index contributed by atoms with van der Waals surface area (Å²) < 4.78 is 5.48. The van der Waals surface area contributed by atoms with Crippen LogP contribution in [0.15, 0.2) is 36.4 Å². The molecule has 26 heavy (non-hydrogen) atoms. The summed E-state index contributed by atoms with van der Waals surface area (Å²) in [6.07, 6.45) is 6.91. The van der Waals surface area contributed by atoms with Crippen molar-refractivity contribution >= 4 is 10.8 Å². The number of aliphatic hydroxyl groups is 1. The lowest BCUT2D eigenvalue weighted by Crippen LogP contribution is -2.31. The SMILES string of the molecule is CCCCCN(CCCCC)CC(O)c1ccc(OC)c2ccccc12. The van der Waals surface area contributed by atoms with Crippen LogP contribution < -0.4 is 4.74 Å². The lowest BCUT2D eigenvalue weighted by Gasteiger charge is -2.26. The number of fused-ring (bicyclic) bond motifs is 1. The summed E-state index contributed by atoms with van der Waals surface area (Å²) >= 11 is 0. The molecule has 1 atom stereocenters. The van der Waals surface area contributed by atoms with Gasteiger partial charge in [0.25, 0.3) is 0 Å². The first-order chi connectivity index (χ1) is 12.7. The molecule has 3 heteroatoms. The lowest BCUT2D eigenvalue weighted by atomic mass is 9.99. The summed E-state index contributed by atoms with van der Waals surface area (Å²) in [6, 6.07) is 12.2. The maximum atomic E-state index is 11.0. The van der Waals surface area contributed by atoms with Crippen molar-refractivity contribution in [1.29, 1.82) is 0 Å². The number of benzene rings is 2. The van der Waals surface area contributed by atoms with Crippen LogP contribution in [0.5, 0.6) is 5.75 Å². The third-order valence-electron chi connectivity index (χ3n) is 5.08. The Hall–Kier alpha value is -1.58. The molecule has 2 rings (SSSR count). The van der Waals surface area contributed by atoms with E-state index in [9.17, 15) is 5.11 Å². The van der Waals surface area contributed by atoms with Crippen LogP contribution >= 0.6 is 0 Å². The number of methoxy groups -OCH3 is 1. The third-order valence-corrected chi connectivity index (χ3v) is 5.08. The molecule has 0 amide bonds. The van der Waals surface area contributed by atoms with Gasteiger partial charge in [-0.1, -0.05) is 69.9 Å². The average molecular weight is 358 g/mol. The second-order valence-corrected chi connectivity index (χ2v) is 7.13. The van der Waals surface area contributed by atoms with Gasteiger partial charge in [0.15, 0.2) is 0 Å². The summed E-state index contributed by atoms with van der Waals surface area (Å²) in [6.45, 7) is 7.31. The van der Waals surface area contributed by atoms with E-state index in [-0.39, 0.29) is 0 Å². The van der Waals surface area contributed by atoms with Gasteiger partial charge in [0.1, 0.15) is 5.75 Å². The molecule has 2 aromatic rings. The zero-order valence-corrected chi connectivity index (χ0v) is 16.7. The molecule has 144 valence electrons. The highest BCUT2D eigenvalue weighted by atomic mass is 16.5. The standard InChI is InChI=1S/C23H35NO2/c1-4-6-10-16-24(17-11-7-5-2)18-22(25)20-14-15-23(26-3)21-13-9-8-12-19(20)21/h8-9,12-15,22,25H,4-7,10-11,16-18H2,1-3H3. The van der Waals surface area contributed by atoms with Crippen molar-refractivity contribution in [2.75, 3.05) is 26.7 Å². The molecule has 1 unspecified atom stereocenters. The van der Waals surface area contributed by atoms with E-state index < -0.39 is 6.10 Å². The molecule has 0 saturated carbocycles. The molecule has 0 heterocycles. The van der Waals surface area contributed by atoms with Gasteiger partial charge in [0.05, 0.1) is 13.2 Å². The van der Waals surface area contributed by atoms with Crippen LogP contribution in [0.25, 0.3) is 10.8 Å². The number of nitrogens with zero attached hydrogens (tertiary/aromatic N) is 1.